The molecule has 4 heteroatoms. The fourth-order valence-electron chi connectivity index (χ4n) is 2.30. The van der Waals surface area contributed by atoms with Crippen LogP contribution in [-0.4, -0.2) is 19.1 Å². The van der Waals surface area contributed by atoms with Crippen molar-refractivity contribution in [2.75, 3.05) is 18.1 Å². The van der Waals surface area contributed by atoms with Gasteiger partial charge in [-0.1, -0.05) is 12.1 Å². The van der Waals surface area contributed by atoms with Crippen LogP contribution in [0, 0.1) is 16.7 Å². The molecule has 1 heterocycles. The van der Waals surface area contributed by atoms with Gasteiger partial charge in [-0.25, -0.2) is 0 Å². The molecule has 0 spiro atoms. The van der Waals surface area contributed by atoms with Crippen LogP contribution in [0.2, 0.25) is 0 Å². The van der Waals surface area contributed by atoms with E-state index in [1.807, 2.05) is 38.1 Å². The number of ether oxygens (including phenoxy) is 1. The summed E-state index contributed by atoms with van der Waals surface area (Å²) in [5.41, 5.74) is 0.495. The van der Waals surface area contributed by atoms with Crippen molar-refractivity contribution in [1.29, 1.82) is 5.26 Å². The third kappa shape index (κ3) is 3.30. The molecule has 4 nitrogen and oxygen atoms in total. The standard InChI is InChI=1S/C16H20N2O2/c1-16(2,12-17)9-5-10-18-13-6-3-4-7-14(13)20-11-8-15(18)19/h3-4,6-7H,5,8-11H2,1-2H3. The third-order valence-corrected chi connectivity index (χ3v) is 3.52. The predicted octanol–water partition coefficient (Wildman–Crippen LogP) is 3.13. The highest BCUT2D eigenvalue weighted by Crippen LogP contribution is 2.31. The van der Waals surface area contributed by atoms with Gasteiger partial charge in [0.2, 0.25) is 5.91 Å². The van der Waals surface area contributed by atoms with Crippen molar-refractivity contribution < 1.29 is 9.53 Å². The Morgan fingerprint density at radius 2 is 2.15 bits per heavy atom. The second-order valence-corrected chi connectivity index (χ2v) is 5.71. The normalized spacial score (nSPS) is 15.1. The lowest BCUT2D eigenvalue weighted by Crippen LogP contribution is -2.31. The van der Waals surface area contributed by atoms with E-state index in [0.29, 0.717) is 19.6 Å². The van der Waals surface area contributed by atoms with Gasteiger partial charge in [0.15, 0.2) is 0 Å². The predicted molar refractivity (Wildman–Crippen MR) is 77.5 cm³/mol. The van der Waals surface area contributed by atoms with Crippen LogP contribution in [-0.2, 0) is 4.79 Å². The highest BCUT2D eigenvalue weighted by Gasteiger charge is 2.24. The topological polar surface area (TPSA) is 53.3 Å². The van der Waals surface area contributed by atoms with Gasteiger partial charge in [-0.3, -0.25) is 4.79 Å². The number of nitriles is 1. The summed E-state index contributed by atoms with van der Waals surface area (Å²) in [6, 6.07) is 9.91. The van der Waals surface area contributed by atoms with Crippen LogP contribution in [0.15, 0.2) is 24.3 Å². The quantitative estimate of drug-likeness (QED) is 0.846. The van der Waals surface area contributed by atoms with Crippen molar-refractivity contribution in [1.82, 2.24) is 0 Å². The lowest BCUT2D eigenvalue weighted by atomic mass is 9.90. The number of hydrogen-bond acceptors (Lipinski definition) is 3. The van der Waals surface area contributed by atoms with E-state index in [4.69, 9.17) is 10.00 Å². The molecule has 2 rings (SSSR count). The molecule has 1 aliphatic rings. The Kier molecular flexibility index (Phi) is 4.29. The number of carbonyl (C=O) groups is 1. The number of nitrogens with zero attached hydrogens (tertiary/aromatic N) is 2. The molecule has 0 unspecified atom stereocenters. The van der Waals surface area contributed by atoms with Crippen molar-refractivity contribution >= 4 is 11.6 Å². The zero-order valence-electron chi connectivity index (χ0n) is 12.1. The number of rotatable bonds is 4. The molecule has 0 N–H and O–H groups in total. The summed E-state index contributed by atoms with van der Waals surface area (Å²) in [5.74, 6) is 0.850. The zero-order chi connectivity index (χ0) is 14.6. The van der Waals surface area contributed by atoms with Crippen molar-refractivity contribution in [3.63, 3.8) is 0 Å². The Labute approximate surface area is 120 Å². The molecule has 0 atom stereocenters. The van der Waals surface area contributed by atoms with Gasteiger partial charge in [0.1, 0.15) is 5.75 Å². The minimum Gasteiger partial charge on any atom is -0.491 e. The molecule has 1 aromatic carbocycles. The number of fused-ring (bicyclic) bond motifs is 1. The second kappa shape index (κ2) is 5.96. The molecule has 1 aliphatic heterocycles. The van der Waals surface area contributed by atoms with Gasteiger partial charge in [0, 0.05) is 6.54 Å². The van der Waals surface area contributed by atoms with Crippen LogP contribution in [0.4, 0.5) is 5.69 Å². The molecular weight excluding hydrogens is 252 g/mol. The highest BCUT2D eigenvalue weighted by molar-refractivity contribution is 5.95. The number of anilines is 1. The van der Waals surface area contributed by atoms with E-state index in [-0.39, 0.29) is 11.3 Å². The van der Waals surface area contributed by atoms with Gasteiger partial charge in [-0.15, -0.1) is 0 Å². The van der Waals surface area contributed by atoms with E-state index in [2.05, 4.69) is 6.07 Å². The second-order valence-electron chi connectivity index (χ2n) is 5.71. The van der Waals surface area contributed by atoms with Crippen LogP contribution in [0.5, 0.6) is 5.75 Å². The summed E-state index contributed by atoms with van der Waals surface area (Å²) in [4.78, 5) is 14.0. The number of benzene rings is 1. The molecule has 0 aliphatic carbocycles. The Morgan fingerprint density at radius 3 is 2.90 bits per heavy atom. The van der Waals surface area contributed by atoms with Gasteiger partial charge >= 0.3 is 0 Å². The van der Waals surface area contributed by atoms with Gasteiger partial charge in [-0.05, 0) is 38.8 Å². The van der Waals surface area contributed by atoms with Crippen LogP contribution in [0.3, 0.4) is 0 Å². The van der Waals surface area contributed by atoms with Crippen LogP contribution in [0.1, 0.15) is 33.1 Å². The van der Waals surface area contributed by atoms with Crippen molar-refractivity contribution in [3.8, 4) is 11.8 Å². The summed E-state index contributed by atoms with van der Waals surface area (Å²) in [6.45, 7) is 4.91. The van der Waals surface area contributed by atoms with Crippen LogP contribution in [0.25, 0.3) is 0 Å². The average Bonchev–Trinajstić information content (AvgIpc) is 2.59. The molecule has 0 saturated heterocycles. The molecule has 1 amide bonds. The summed E-state index contributed by atoms with van der Waals surface area (Å²) < 4.78 is 5.60. The minimum absolute atomic E-state index is 0.0877. The maximum Gasteiger partial charge on any atom is 0.230 e. The smallest absolute Gasteiger partial charge is 0.230 e. The SMILES string of the molecule is CC(C)(C#N)CCCN1C(=O)CCOc2ccccc21. The van der Waals surface area contributed by atoms with Gasteiger partial charge in [0.05, 0.1) is 30.2 Å². The van der Waals surface area contributed by atoms with Gasteiger partial charge in [0.25, 0.3) is 0 Å². The zero-order valence-corrected chi connectivity index (χ0v) is 12.1. The molecule has 0 radical (unpaired) electrons. The van der Waals surface area contributed by atoms with E-state index in [1.165, 1.54) is 0 Å². The lowest BCUT2D eigenvalue weighted by Gasteiger charge is -2.23. The van der Waals surface area contributed by atoms with Crippen LogP contribution >= 0.6 is 0 Å². The molecule has 106 valence electrons. The first-order valence-electron chi connectivity index (χ1n) is 6.97. The van der Waals surface area contributed by atoms with Gasteiger partial charge in [-0.2, -0.15) is 5.26 Å². The van der Waals surface area contributed by atoms with Gasteiger partial charge < -0.3 is 9.64 Å². The Balaban J connectivity index is 2.09. The fraction of sp³-hybridized carbons (Fsp3) is 0.500. The third-order valence-electron chi connectivity index (χ3n) is 3.52. The van der Waals surface area contributed by atoms with Crippen molar-refractivity contribution in [2.24, 2.45) is 5.41 Å². The fourth-order valence-corrected chi connectivity index (χ4v) is 2.30. The highest BCUT2D eigenvalue weighted by atomic mass is 16.5. The first kappa shape index (κ1) is 14.4. The first-order valence-corrected chi connectivity index (χ1v) is 6.97. The molecule has 0 fully saturated rings. The van der Waals surface area contributed by atoms with Crippen molar-refractivity contribution in [3.05, 3.63) is 24.3 Å². The van der Waals surface area contributed by atoms with E-state index in [9.17, 15) is 4.79 Å². The molecular formula is C16H20N2O2. The molecule has 0 aromatic heterocycles. The average molecular weight is 272 g/mol. The lowest BCUT2D eigenvalue weighted by molar-refractivity contribution is -0.118. The van der Waals surface area contributed by atoms with Crippen LogP contribution < -0.4 is 9.64 Å². The minimum atomic E-state index is -0.342. The first-order chi connectivity index (χ1) is 9.53. The maximum absolute atomic E-state index is 12.2. The van der Waals surface area contributed by atoms with E-state index in [1.54, 1.807) is 4.90 Å². The van der Waals surface area contributed by atoms with E-state index in [0.717, 1.165) is 24.3 Å². The summed E-state index contributed by atoms with van der Waals surface area (Å²) >= 11 is 0. The largest absolute Gasteiger partial charge is 0.491 e. The Hall–Kier alpha value is -2.02. The summed E-state index contributed by atoms with van der Waals surface area (Å²) in [7, 11) is 0. The maximum atomic E-state index is 12.2. The molecule has 20 heavy (non-hydrogen) atoms. The molecule has 0 saturated carbocycles. The van der Waals surface area contributed by atoms with Crippen molar-refractivity contribution in [2.45, 2.75) is 33.1 Å². The Bertz CT molecular complexity index is 532. The number of amides is 1. The number of hydrogen-bond donors (Lipinski definition) is 0. The molecule has 1 aromatic rings. The van der Waals surface area contributed by atoms with E-state index >= 15 is 0 Å². The number of para-hydroxylation sites is 2. The monoisotopic (exact) mass is 272 g/mol. The number of carbonyl (C=O) groups excluding carboxylic acids is 1. The summed E-state index contributed by atoms with van der Waals surface area (Å²) in [5, 5.41) is 9.04. The van der Waals surface area contributed by atoms with E-state index < -0.39 is 0 Å². The Morgan fingerprint density at radius 1 is 1.40 bits per heavy atom. The summed E-state index contributed by atoms with van der Waals surface area (Å²) in [6.07, 6.45) is 1.98. The molecule has 0 bridgehead atoms.